The van der Waals surface area contributed by atoms with Gasteiger partial charge in [-0.3, -0.25) is 19.2 Å². The summed E-state index contributed by atoms with van der Waals surface area (Å²) in [6.45, 7) is 14.8. The fourth-order valence-corrected chi connectivity index (χ4v) is 14.7. The molecule has 0 unspecified atom stereocenters. The van der Waals surface area contributed by atoms with Crippen molar-refractivity contribution >= 4 is 64.6 Å². The number of benzene rings is 11. The molecule has 4 bridgehead atoms. The molecule has 0 aliphatic carbocycles. The summed E-state index contributed by atoms with van der Waals surface area (Å²) in [7, 11) is 0. The molecular formula is C78H58F12N2O8. The fraction of sp³-hybridized carbons (Fsp3) is 0.231. The van der Waals surface area contributed by atoms with Crippen LogP contribution in [0.2, 0.25) is 0 Å². The smallest absolute Gasteiger partial charge is 0.411 e. The highest BCUT2D eigenvalue weighted by atomic mass is 19.4. The summed E-state index contributed by atoms with van der Waals surface area (Å²) in [5, 5.41) is 19.2. The van der Waals surface area contributed by atoms with Crippen molar-refractivity contribution in [1.82, 2.24) is 9.13 Å². The SMILES string of the molecule is CC(C)c1cccc(C(C)C)c1-n1c(=O)c2ccc3c4c(Oc5ccc(C(c6ccc(O)cc6)(C(F)(F)F)C(F)(F)F)cc5)cc5c(=O)n(-c6c(C(C)C)cccc6C(C)C)c(=O)c6ccc5c4c6c4c(Oc5ccc(C(c6ccc(O)cc6)(C(F)(F)F)C(F)(F)F)cc5)cc(c1=O)c2c34. The van der Waals surface area contributed by atoms with E-state index in [1.54, 1.807) is 36.4 Å². The number of halogens is 12. The molecule has 0 fully saturated rings. The molecule has 2 N–H and O–H groups in total. The molecule has 512 valence electrons. The predicted molar refractivity (Wildman–Crippen MR) is 360 cm³/mol. The van der Waals surface area contributed by atoms with Gasteiger partial charge < -0.3 is 19.7 Å². The van der Waals surface area contributed by atoms with Crippen molar-refractivity contribution in [2.75, 3.05) is 0 Å². The van der Waals surface area contributed by atoms with Crippen LogP contribution in [0.25, 0.3) is 76.0 Å². The Balaban J connectivity index is 1.19. The van der Waals surface area contributed by atoms with E-state index in [9.17, 15) is 10.2 Å². The first-order valence-corrected chi connectivity index (χ1v) is 31.7. The predicted octanol–water partition coefficient (Wildman–Crippen LogP) is 20.3. The van der Waals surface area contributed by atoms with Crippen LogP contribution in [0.5, 0.6) is 34.5 Å². The summed E-state index contributed by atoms with van der Waals surface area (Å²) in [4.78, 5) is 64.2. The number of pyridine rings is 1. The lowest BCUT2D eigenvalue weighted by Crippen LogP contribution is -2.54. The third-order valence-corrected chi connectivity index (χ3v) is 19.2. The average molecular weight is 1380 g/mol. The zero-order valence-corrected chi connectivity index (χ0v) is 54.2. The number of aromatic nitrogens is 2. The molecular weight excluding hydrogens is 1320 g/mol. The second-order valence-corrected chi connectivity index (χ2v) is 26.3. The van der Waals surface area contributed by atoms with Crippen molar-refractivity contribution in [3.05, 3.63) is 256 Å². The lowest BCUT2D eigenvalue weighted by molar-refractivity contribution is -0.290. The fourth-order valence-electron chi connectivity index (χ4n) is 14.7. The summed E-state index contributed by atoms with van der Waals surface area (Å²) < 4.78 is 202. The highest BCUT2D eigenvalue weighted by molar-refractivity contribution is 6.42. The maximum atomic E-state index is 16.4. The molecule has 0 radical (unpaired) electrons. The minimum absolute atomic E-state index is 0.00847. The Morgan fingerprint density at radius 3 is 0.950 bits per heavy atom. The molecule has 3 aromatic heterocycles. The van der Waals surface area contributed by atoms with Gasteiger partial charge >= 0.3 is 24.7 Å². The second-order valence-electron chi connectivity index (χ2n) is 26.3. The first kappa shape index (κ1) is 67.9. The van der Waals surface area contributed by atoms with E-state index in [2.05, 4.69) is 0 Å². The third kappa shape index (κ3) is 9.99. The van der Waals surface area contributed by atoms with E-state index in [0.29, 0.717) is 95.1 Å². The molecule has 3 heterocycles. The van der Waals surface area contributed by atoms with Gasteiger partial charge in [-0.1, -0.05) is 152 Å². The van der Waals surface area contributed by atoms with Crippen LogP contribution >= 0.6 is 0 Å². The molecule has 14 rings (SSSR count). The van der Waals surface area contributed by atoms with E-state index in [1.165, 1.54) is 36.4 Å². The normalized spacial score (nSPS) is 13.2. The molecule has 14 aromatic rings. The number of hydrogen-bond acceptors (Lipinski definition) is 8. The van der Waals surface area contributed by atoms with Crippen molar-refractivity contribution in [2.24, 2.45) is 0 Å². The van der Waals surface area contributed by atoms with Crippen LogP contribution in [0.3, 0.4) is 0 Å². The minimum atomic E-state index is -6.07. The van der Waals surface area contributed by atoms with E-state index in [0.717, 1.165) is 33.4 Å². The van der Waals surface area contributed by atoms with E-state index < -0.39 is 103 Å². The number of alkyl halides is 12. The number of phenolic OH excluding ortho intramolecular Hbond substituents is 2. The van der Waals surface area contributed by atoms with Gasteiger partial charge in [-0.25, -0.2) is 9.13 Å². The zero-order chi connectivity index (χ0) is 72.2. The number of nitrogens with zero attached hydrogens (tertiary/aromatic N) is 2. The number of para-hydroxylation sites is 2. The molecule has 100 heavy (non-hydrogen) atoms. The van der Waals surface area contributed by atoms with E-state index >= 15 is 71.9 Å². The van der Waals surface area contributed by atoms with Crippen LogP contribution < -0.4 is 31.7 Å². The molecule has 0 saturated heterocycles. The minimum Gasteiger partial charge on any atom is -0.508 e. The van der Waals surface area contributed by atoms with Gasteiger partial charge in [0.15, 0.2) is 0 Å². The Kier molecular flexibility index (Phi) is 16.0. The van der Waals surface area contributed by atoms with Crippen LogP contribution in [-0.2, 0) is 10.8 Å². The highest BCUT2D eigenvalue weighted by Crippen LogP contribution is 2.59. The number of rotatable bonds is 14. The Morgan fingerprint density at radius 2 is 0.590 bits per heavy atom. The van der Waals surface area contributed by atoms with Crippen molar-refractivity contribution in [2.45, 2.75) is 115 Å². The molecule has 0 aliphatic rings. The van der Waals surface area contributed by atoms with Gasteiger partial charge in [-0.2, -0.15) is 52.7 Å². The van der Waals surface area contributed by atoms with E-state index in [-0.39, 0.29) is 111 Å². The molecule has 0 saturated carbocycles. The first-order chi connectivity index (χ1) is 47.0. The topological polar surface area (TPSA) is 137 Å². The number of hydrogen-bond donors (Lipinski definition) is 2. The first-order valence-electron chi connectivity index (χ1n) is 31.7. The maximum absolute atomic E-state index is 16.4. The Bertz CT molecular complexity index is 5580. The lowest BCUT2D eigenvalue weighted by atomic mass is 9.73. The third-order valence-electron chi connectivity index (χ3n) is 19.2. The highest BCUT2D eigenvalue weighted by Gasteiger charge is 2.73. The quantitative estimate of drug-likeness (QED) is 0.0624. The molecule has 11 aromatic carbocycles. The Morgan fingerprint density at radius 1 is 0.310 bits per heavy atom. The van der Waals surface area contributed by atoms with Gasteiger partial charge in [0, 0.05) is 43.1 Å². The number of aromatic hydroxyl groups is 2. The monoisotopic (exact) mass is 1380 g/mol. The van der Waals surface area contributed by atoms with Crippen LogP contribution in [0, 0.1) is 0 Å². The average Bonchev–Trinajstić information content (AvgIpc) is 0.683. The van der Waals surface area contributed by atoms with Gasteiger partial charge in [0.2, 0.25) is 10.8 Å². The van der Waals surface area contributed by atoms with Crippen molar-refractivity contribution < 1.29 is 72.4 Å². The van der Waals surface area contributed by atoms with Crippen LogP contribution in [0.1, 0.15) is 124 Å². The van der Waals surface area contributed by atoms with Gasteiger partial charge in [0.1, 0.15) is 34.5 Å². The van der Waals surface area contributed by atoms with Gasteiger partial charge in [0.25, 0.3) is 22.2 Å². The van der Waals surface area contributed by atoms with Crippen molar-refractivity contribution in [1.29, 1.82) is 0 Å². The lowest BCUT2D eigenvalue weighted by Gasteiger charge is -2.38. The van der Waals surface area contributed by atoms with Gasteiger partial charge in [-0.15, -0.1) is 0 Å². The Hall–Kier alpha value is -10.6. The number of ether oxygens (including phenoxy) is 2. The largest absolute Gasteiger partial charge is 0.508 e. The molecule has 0 aliphatic heterocycles. The molecule has 22 heteroatoms. The molecule has 0 amide bonds. The van der Waals surface area contributed by atoms with E-state index in [1.807, 2.05) is 55.4 Å². The standard InChI is InChI=1S/C78H58F12N2O8/c1-37(2)49-11-9-12-50(38(3)4)67(49)91-70(96)56-33-31-53-57(71(91)97)35-59(99-47-27-19-43(20-28-47)73(75(79,80)81,76(82,83)84)41-15-23-45(93)24-16-41)62-54-32-34-55-61-58(72(98)92(69(55)95)68-51(39(5)6)13-10-14-52(68)40(7)8)36-60(66(64(54)61)65(56)63(53)62)100-48-29-21-44(22-30-48)74(77(85,86)87,78(88,89)90)42-17-25-46(94)26-18-42/h9-40,93-94H,1-8H3. The maximum Gasteiger partial charge on any atom is 0.411 e. The zero-order valence-electron chi connectivity index (χ0n) is 54.2. The summed E-state index contributed by atoms with van der Waals surface area (Å²) in [6, 6.07) is 29.1. The van der Waals surface area contributed by atoms with Gasteiger partial charge in [-0.05, 0) is 152 Å². The van der Waals surface area contributed by atoms with Crippen LogP contribution in [-0.4, -0.2) is 44.1 Å². The van der Waals surface area contributed by atoms with Crippen LogP contribution in [0.15, 0.2) is 189 Å². The summed E-state index contributed by atoms with van der Waals surface area (Å²) >= 11 is 0. The van der Waals surface area contributed by atoms with Crippen molar-refractivity contribution in [3.63, 3.8) is 0 Å². The van der Waals surface area contributed by atoms with E-state index in [4.69, 9.17) is 9.47 Å². The summed E-state index contributed by atoms with van der Waals surface area (Å²) in [5.74, 6) is -4.03. The second kappa shape index (κ2) is 23.5. The number of phenols is 2. The summed E-state index contributed by atoms with van der Waals surface area (Å²) in [6.07, 6.45) is -24.2. The molecule has 0 spiro atoms. The molecule has 0 atom stereocenters. The van der Waals surface area contributed by atoms with Gasteiger partial charge in [0.05, 0.1) is 22.1 Å². The Labute approximate surface area is 560 Å². The van der Waals surface area contributed by atoms with Crippen molar-refractivity contribution in [3.8, 4) is 45.9 Å². The number of fused-ring (bicyclic) bond motifs is 4. The summed E-state index contributed by atoms with van der Waals surface area (Å²) in [5.41, 5.74) is -15.5. The molecule has 10 nitrogen and oxygen atoms in total. The van der Waals surface area contributed by atoms with Crippen LogP contribution in [0.4, 0.5) is 52.7 Å².